The molecule has 0 bridgehead atoms. The maximum atomic E-state index is 13.5. The fraction of sp³-hybridized carbons (Fsp3) is 0.143. The number of carbonyl (C=O) groups is 4. The third-order valence-electron chi connectivity index (χ3n) is 7.75. The Labute approximate surface area is 275 Å². The first-order valence-electron chi connectivity index (χ1n) is 14.4. The summed E-state index contributed by atoms with van der Waals surface area (Å²) in [6, 6.07) is 19.3. The Kier molecular flexibility index (Phi) is 7.80. The molecule has 0 unspecified atom stereocenters. The Bertz CT molecular complexity index is 2110. The number of hydrogen-bond acceptors (Lipinski definition) is 11. The van der Waals surface area contributed by atoms with Crippen molar-refractivity contribution in [2.75, 3.05) is 7.05 Å². The van der Waals surface area contributed by atoms with E-state index in [0.29, 0.717) is 11.1 Å². The molecule has 4 aromatic carbocycles. The van der Waals surface area contributed by atoms with Gasteiger partial charge < -0.3 is 23.7 Å². The molecule has 2 aliphatic heterocycles. The van der Waals surface area contributed by atoms with Crippen molar-refractivity contribution in [2.45, 2.75) is 31.3 Å². The predicted molar refractivity (Wildman–Crippen MR) is 168 cm³/mol. The summed E-state index contributed by atoms with van der Waals surface area (Å²) in [5.41, 5.74) is 0.224. The maximum Gasteiger partial charge on any atom is 0.344 e. The summed E-state index contributed by atoms with van der Waals surface area (Å²) >= 11 is 0. The fourth-order valence-corrected chi connectivity index (χ4v) is 6.60. The summed E-state index contributed by atoms with van der Waals surface area (Å²) in [5.74, 6) is -2.63. The molecule has 0 N–H and O–H groups in total. The highest BCUT2D eigenvalue weighted by atomic mass is 32.2. The summed E-state index contributed by atoms with van der Waals surface area (Å²) in [6.07, 6.45) is 0. The summed E-state index contributed by atoms with van der Waals surface area (Å²) < 4.78 is 55.2. The molecule has 1 spiro atoms. The minimum atomic E-state index is -4.10. The van der Waals surface area contributed by atoms with Crippen LogP contribution >= 0.6 is 0 Å². The van der Waals surface area contributed by atoms with Crippen molar-refractivity contribution in [2.24, 2.45) is 0 Å². The van der Waals surface area contributed by atoms with Crippen molar-refractivity contribution in [3.8, 4) is 23.0 Å². The van der Waals surface area contributed by atoms with Crippen LogP contribution in [0.1, 0.15) is 56.8 Å². The van der Waals surface area contributed by atoms with Gasteiger partial charge >= 0.3 is 23.9 Å². The first-order valence-corrected chi connectivity index (χ1v) is 15.8. The number of ether oxygens (including phenoxy) is 5. The molecule has 2 aliphatic rings. The normalized spacial score (nSPS) is 13.6. The second-order valence-electron chi connectivity index (χ2n) is 11.0. The zero-order valence-corrected chi connectivity index (χ0v) is 26.9. The maximum absolute atomic E-state index is 13.5. The van der Waals surface area contributed by atoms with Crippen LogP contribution in [0, 0.1) is 6.92 Å². The van der Waals surface area contributed by atoms with Crippen LogP contribution in [-0.4, -0.2) is 43.6 Å². The molecule has 0 aliphatic carbocycles. The minimum absolute atomic E-state index is 0.0199. The minimum Gasteiger partial charge on any atom is -0.456 e. The van der Waals surface area contributed by atoms with Gasteiger partial charge in [0.2, 0.25) is 5.88 Å². The van der Waals surface area contributed by atoms with Crippen LogP contribution < -0.4 is 14.2 Å². The Hall–Kier alpha value is -5.95. The van der Waals surface area contributed by atoms with E-state index in [4.69, 9.17) is 23.7 Å². The highest BCUT2D eigenvalue weighted by Gasteiger charge is 2.54. The van der Waals surface area contributed by atoms with Gasteiger partial charge in [-0.2, -0.15) is 0 Å². The molecule has 12 nitrogen and oxygen atoms in total. The second-order valence-corrected chi connectivity index (χ2v) is 13.0. The van der Waals surface area contributed by atoms with E-state index in [-0.39, 0.29) is 44.6 Å². The number of fused-ring (bicyclic) bond motifs is 6. The summed E-state index contributed by atoms with van der Waals surface area (Å²) in [7, 11) is -2.89. The van der Waals surface area contributed by atoms with E-state index < -0.39 is 45.4 Å². The zero-order chi connectivity index (χ0) is 34.5. The lowest BCUT2D eigenvalue weighted by atomic mass is 9.77. The number of aryl methyl sites for hydroxylation is 1. The van der Waals surface area contributed by atoms with Crippen molar-refractivity contribution in [1.29, 1.82) is 0 Å². The van der Waals surface area contributed by atoms with Crippen LogP contribution in [0.5, 0.6) is 23.0 Å². The summed E-state index contributed by atoms with van der Waals surface area (Å²) in [5, 5.41) is 0. The van der Waals surface area contributed by atoms with E-state index in [1.165, 1.54) is 75.5 Å². The standard InChI is InChI=1S/C35H27NO11S/c1-19-6-11-26(12-7-19)48(41,42)36(5)20(2)43-33(39)23-8-13-27-30(16-23)35(47-34(27)40)28-14-9-24(44-21(3)37)17-31(28)46-32-18-25(45-22(4)38)10-15-29(32)35/h6-18H,2H2,1,3-5H3. The third-order valence-corrected chi connectivity index (χ3v) is 9.54. The highest BCUT2D eigenvalue weighted by molar-refractivity contribution is 7.89. The largest absolute Gasteiger partial charge is 0.456 e. The molecule has 0 fully saturated rings. The SMILES string of the molecule is C=C(OC(=O)c1ccc2c(c1)C1(OC2=O)c2ccc(OC(C)=O)cc2Oc2cc(OC(C)=O)ccc21)N(C)S(=O)(=O)c1ccc(C)cc1. The number of benzene rings is 4. The van der Waals surface area contributed by atoms with Crippen molar-refractivity contribution >= 4 is 33.9 Å². The topological polar surface area (TPSA) is 152 Å². The molecule has 0 saturated heterocycles. The average molecular weight is 670 g/mol. The zero-order valence-electron chi connectivity index (χ0n) is 26.1. The van der Waals surface area contributed by atoms with Crippen LogP contribution in [0.4, 0.5) is 0 Å². The number of sulfonamides is 1. The van der Waals surface area contributed by atoms with E-state index in [2.05, 4.69) is 6.58 Å². The number of esters is 4. The van der Waals surface area contributed by atoms with Gasteiger partial charge in [0.25, 0.3) is 10.0 Å². The molecule has 48 heavy (non-hydrogen) atoms. The Morgan fingerprint density at radius 3 is 1.90 bits per heavy atom. The van der Waals surface area contributed by atoms with Crippen LogP contribution in [0.2, 0.25) is 0 Å². The number of nitrogens with zero attached hydrogens (tertiary/aromatic N) is 1. The molecule has 0 amide bonds. The molecule has 244 valence electrons. The lowest BCUT2D eigenvalue weighted by molar-refractivity contribution is -0.132. The van der Waals surface area contributed by atoms with E-state index in [1.807, 2.05) is 6.92 Å². The number of carbonyl (C=O) groups excluding carboxylic acids is 4. The molecule has 13 heteroatoms. The molecule has 6 rings (SSSR count). The molecular weight excluding hydrogens is 642 g/mol. The molecule has 2 heterocycles. The van der Waals surface area contributed by atoms with Gasteiger partial charge in [0.1, 0.15) is 23.0 Å². The van der Waals surface area contributed by atoms with E-state index in [0.717, 1.165) is 9.87 Å². The molecular formula is C35H27NO11S. The van der Waals surface area contributed by atoms with Gasteiger partial charge in [0, 0.05) is 49.7 Å². The Morgan fingerprint density at radius 1 is 0.792 bits per heavy atom. The quantitative estimate of drug-likeness (QED) is 0.142. The van der Waals surface area contributed by atoms with Crippen molar-refractivity contribution in [3.63, 3.8) is 0 Å². The number of rotatable bonds is 7. The smallest absolute Gasteiger partial charge is 0.344 e. The first kappa shape index (κ1) is 32.0. The predicted octanol–water partition coefficient (Wildman–Crippen LogP) is 5.36. The van der Waals surface area contributed by atoms with Gasteiger partial charge in [0.15, 0.2) is 5.60 Å². The van der Waals surface area contributed by atoms with Gasteiger partial charge in [-0.25, -0.2) is 22.3 Å². The molecule has 4 aromatic rings. The highest BCUT2D eigenvalue weighted by Crippen LogP contribution is 2.57. The molecule has 0 atom stereocenters. The van der Waals surface area contributed by atoms with Crippen molar-refractivity contribution in [3.05, 3.63) is 125 Å². The lowest BCUT2D eigenvalue weighted by Gasteiger charge is -2.36. The van der Waals surface area contributed by atoms with E-state index in [1.54, 1.807) is 24.3 Å². The third kappa shape index (κ3) is 5.43. The summed E-state index contributed by atoms with van der Waals surface area (Å²) in [4.78, 5) is 50.2. The van der Waals surface area contributed by atoms with Gasteiger partial charge in [0.05, 0.1) is 16.0 Å². The van der Waals surface area contributed by atoms with Crippen molar-refractivity contribution in [1.82, 2.24) is 4.31 Å². The van der Waals surface area contributed by atoms with Gasteiger partial charge in [-0.1, -0.05) is 17.7 Å². The lowest BCUT2D eigenvalue weighted by Crippen LogP contribution is -2.33. The summed E-state index contributed by atoms with van der Waals surface area (Å²) in [6.45, 7) is 7.95. The average Bonchev–Trinajstić information content (AvgIpc) is 3.31. The van der Waals surface area contributed by atoms with Crippen LogP contribution in [0.3, 0.4) is 0 Å². The Morgan fingerprint density at radius 2 is 1.35 bits per heavy atom. The van der Waals surface area contributed by atoms with Crippen LogP contribution in [-0.2, 0) is 34.7 Å². The van der Waals surface area contributed by atoms with Gasteiger partial charge in [-0.05, 0) is 68.1 Å². The van der Waals surface area contributed by atoms with Gasteiger partial charge in [-0.15, -0.1) is 0 Å². The second kappa shape index (κ2) is 11.7. The molecule has 0 aromatic heterocycles. The van der Waals surface area contributed by atoms with E-state index >= 15 is 0 Å². The monoisotopic (exact) mass is 669 g/mol. The van der Waals surface area contributed by atoms with Crippen LogP contribution in [0.25, 0.3) is 0 Å². The van der Waals surface area contributed by atoms with E-state index in [9.17, 15) is 27.6 Å². The fourth-order valence-electron chi connectivity index (χ4n) is 5.50. The first-order chi connectivity index (χ1) is 22.7. The number of hydrogen-bond donors (Lipinski definition) is 0. The van der Waals surface area contributed by atoms with Crippen LogP contribution in [0.15, 0.2) is 96.2 Å². The molecule has 0 radical (unpaired) electrons. The van der Waals surface area contributed by atoms with Gasteiger partial charge in [-0.3, -0.25) is 9.59 Å². The van der Waals surface area contributed by atoms with Crippen molar-refractivity contribution < 1.29 is 51.3 Å². The molecule has 0 saturated carbocycles. The Balaban J connectivity index is 1.41.